The molecule has 0 spiro atoms. The van der Waals surface area contributed by atoms with Crippen molar-refractivity contribution in [1.82, 2.24) is 0 Å². The van der Waals surface area contributed by atoms with Gasteiger partial charge in [-0.2, -0.15) is 0 Å². The molecule has 1 saturated carbocycles. The molecule has 0 heterocycles. The van der Waals surface area contributed by atoms with Crippen LogP contribution in [0.3, 0.4) is 0 Å². The van der Waals surface area contributed by atoms with Crippen LogP contribution >= 0.6 is 0 Å². The van der Waals surface area contributed by atoms with Gasteiger partial charge in [-0.05, 0) is 61.9 Å². The Labute approximate surface area is 149 Å². The van der Waals surface area contributed by atoms with Crippen molar-refractivity contribution in [3.8, 4) is 11.5 Å². The summed E-state index contributed by atoms with van der Waals surface area (Å²) in [5.74, 6) is 1.56. The van der Waals surface area contributed by atoms with Crippen LogP contribution in [-0.4, -0.2) is 19.1 Å². The van der Waals surface area contributed by atoms with Crippen molar-refractivity contribution in [3.05, 3.63) is 54.1 Å². The average Bonchev–Trinajstić information content (AvgIpc) is 3.14. The first-order chi connectivity index (χ1) is 12.2. The average molecular weight is 339 g/mol. The van der Waals surface area contributed by atoms with Crippen LogP contribution in [0.5, 0.6) is 11.5 Å². The fourth-order valence-electron chi connectivity index (χ4n) is 3.19. The number of ether oxygens (including phenoxy) is 2. The molecule has 0 aromatic heterocycles. The highest BCUT2D eigenvalue weighted by Crippen LogP contribution is 2.25. The number of amides is 1. The van der Waals surface area contributed by atoms with Crippen LogP contribution in [0, 0.1) is 0 Å². The maximum absolute atomic E-state index is 12.2. The third-order valence-electron chi connectivity index (χ3n) is 4.53. The van der Waals surface area contributed by atoms with Gasteiger partial charge in [-0.25, -0.2) is 0 Å². The first-order valence-electron chi connectivity index (χ1n) is 8.93. The van der Waals surface area contributed by atoms with Gasteiger partial charge in [-0.15, -0.1) is 0 Å². The number of carbonyl (C=O) groups excluding carboxylic acids is 1. The zero-order valence-electron chi connectivity index (χ0n) is 14.7. The zero-order valence-corrected chi connectivity index (χ0v) is 14.7. The van der Waals surface area contributed by atoms with Crippen molar-refractivity contribution in [2.75, 3.05) is 12.4 Å². The van der Waals surface area contributed by atoms with Crippen molar-refractivity contribution in [3.63, 3.8) is 0 Å². The number of rotatable bonds is 7. The zero-order chi connectivity index (χ0) is 17.5. The molecule has 1 aliphatic carbocycles. The number of anilines is 1. The molecule has 2 aromatic rings. The topological polar surface area (TPSA) is 47.6 Å². The van der Waals surface area contributed by atoms with Gasteiger partial charge in [0.2, 0.25) is 5.91 Å². The first kappa shape index (κ1) is 17.3. The summed E-state index contributed by atoms with van der Waals surface area (Å²) in [5.41, 5.74) is 1.82. The number of aryl methyl sites for hydroxylation is 1. The summed E-state index contributed by atoms with van der Waals surface area (Å²) in [6.07, 6.45) is 6.26. The molecular formula is C21H25NO3. The van der Waals surface area contributed by atoms with E-state index in [0.29, 0.717) is 30.4 Å². The molecule has 1 aliphatic rings. The molecule has 0 atom stereocenters. The summed E-state index contributed by atoms with van der Waals surface area (Å²) in [7, 11) is 1.60. The normalized spacial score (nSPS) is 14.3. The molecular weight excluding hydrogens is 314 g/mol. The summed E-state index contributed by atoms with van der Waals surface area (Å²) in [4.78, 5) is 12.2. The van der Waals surface area contributed by atoms with E-state index in [9.17, 15) is 4.79 Å². The maximum Gasteiger partial charge on any atom is 0.224 e. The minimum absolute atomic E-state index is 0.0217. The standard InChI is InChI=1S/C21H25NO3/c1-24-20-12-5-4-11-19(20)22-21(23)14-13-16-7-6-10-18(15-16)25-17-8-2-3-9-17/h4-7,10-12,15,17H,2-3,8-9,13-14H2,1H3,(H,22,23). The van der Waals surface area contributed by atoms with Gasteiger partial charge in [0.05, 0.1) is 18.9 Å². The van der Waals surface area contributed by atoms with Crippen molar-refractivity contribution >= 4 is 11.6 Å². The van der Waals surface area contributed by atoms with Gasteiger partial charge in [0.25, 0.3) is 0 Å². The predicted octanol–water partition coefficient (Wildman–Crippen LogP) is 4.59. The van der Waals surface area contributed by atoms with Crippen molar-refractivity contribution in [2.24, 2.45) is 0 Å². The number of benzene rings is 2. The number of hydrogen-bond acceptors (Lipinski definition) is 3. The molecule has 25 heavy (non-hydrogen) atoms. The fourth-order valence-corrected chi connectivity index (χ4v) is 3.19. The minimum atomic E-state index is -0.0217. The predicted molar refractivity (Wildman–Crippen MR) is 99.3 cm³/mol. The molecule has 1 N–H and O–H groups in total. The summed E-state index contributed by atoms with van der Waals surface area (Å²) < 4.78 is 11.3. The molecule has 0 saturated heterocycles. The second-order valence-corrected chi connectivity index (χ2v) is 6.42. The molecule has 4 heteroatoms. The van der Waals surface area contributed by atoms with E-state index in [0.717, 1.165) is 24.2 Å². The monoisotopic (exact) mass is 339 g/mol. The van der Waals surface area contributed by atoms with Gasteiger partial charge in [0, 0.05) is 6.42 Å². The van der Waals surface area contributed by atoms with E-state index >= 15 is 0 Å². The molecule has 3 rings (SSSR count). The van der Waals surface area contributed by atoms with Crippen LogP contribution < -0.4 is 14.8 Å². The Hall–Kier alpha value is -2.49. The Bertz CT molecular complexity index is 708. The highest BCUT2D eigenvalue weighted by atomic mass is 16.5. The molecule has 0 radical (unpaired) electrons. The Morgan fingerprint density at radius 3 is 2.72 bits per heavy atom. The number of carbonyl (C=O) groups is 1. The van der Waals surface area contributed by atoms with Crippen LogP contribution in [0.25, 0.3) is 0 Å². The van der Waals surface area contributed by atoms with E-state index in [2.05, 4.69) is 11.4 Å². The van der Waals surface area contributed by atoms with E-state index < -0.39 is 0 Å². The number of hydrogen-bond donors (Lipinski definition) is 1. The van der Waals surface area contributed by atoms with E-state index in [1.807, 2.05) is 42.5 Å². The summed E-state index contributed by atoms with van der Waals surface area (Å²) in [6, 6.07) is 15.5. The van der Waals surface area contributed by atoms with Gasteiger partial charge < -0.3 is 14.8 Å². The number of nitrogens with one attached hydrogen (secondary N) is 1. The maximum atomic E-state index is 12.2. The Balaban J connectivity index is 1.53. The molecule has 1 fully saturated rings. The molecule has 1 amide bonds. The SMILES string of the molecule is COc1ccccc1NC(=O)CCc1cccc(OC2CCCC2)c1. The van der Waals surface area contributed by atoms with Crippen LogP contribution in [0.15, 0.2) is 48.5 Å². The van der Waals surface area contributed by atoms with Crippen LogP contribution in [0.4, 0.5) is 5.69 Å². The fraction of sp³-hybridized carbons (Fsp3) is 0.381. The van der Waals surface area contributed by atoms with Gasteiger partial charge >= 0.3 is 0 Å². The Morgan fingerprint density at radius 2 is 1.92 bits per heavy atom. The molecule has 2 aromatic carbocycles. The lowest BCUT2D eigenvalue weighted by molar-refractivity contribution is -0.116. The van der Waals surface area contributed by atoms with Gasteiger partial charge in [0.15, 0.2) is 0 Å². The van der Waals surface area contributed by atoms with Crippen LogP contribution in [0.2, 0.25) is 0 Å². The third-order valence-corrected chi connectivity index (χ3v) is 4.53. The molecule has 132 valence electrons. The van der Waals surface area contributed by atoms with Gasteiger partial charge in [-0.1, -0.05) is 24.3 Å². The molecule has 4 nitrogen and oxygen atoms in total. The smallest absolute Gasteiger partial charge is 0.224 e. The second kappa shape index (κ2) is 8.56. The number of para-hydroxylation sites is 2. The molecule has 0 aliphatic heterocycles. The van der Waals surface area contributed by atoms with Gasteiger partial charge in [0.1, 0.15) is 11.5 Å². The van der Waals surface area contributed by atoms with E-state index in [-0.39, 0.29) is 5.91 Å². The summed E-state index contributed by atoms with van der Waals surface area (Å²) >= 11 is 0. The van der Waals surface area contributed by atoms with Gasteiger partial charge in [-0.3, -0.25) is 4.79 Å². The van der Waals surface area contributed by atoms with E-state index in [4.69, 9.17) is 9.47 Å². The quantitative estimate of drug-likeness (QED) is 0.803. The summed E-state index contributed by atoms with van der Waals surface area (Å²) in [5, 5.41) is 2.91. The lowest BCUT2D eigenvalue weighted by Crippen LogP contribution is -2.13. The van der Waals surface area contributed by atoms with Crippen molar-refractivity contribution in [1.29, 1.82) is 0 Å². The second-order valence-electron chi connectivity index (χ2n) is 6.42. The van der Waals surface area contributed by atoms with E-state index in [1.54, 1.807) is 7.11 Å². The minimum Gasteiger partial charge on any atom is -0.495 e. The lowest BCUT2D eigenvalue weighted by Gasteiger charge is -2.14. The Kier molecular flexibility index (Phi) is 5.94. The highest BCUT2D eigenvalue weighted by molar-refractivity contribution is 5.92. The Morgan fingerprint density at radius 1 is 1.12 bits per heavy atom. The molecule has 0 bridgehead atoms. The van der Waals surface area contributed by atoms with Crippen molar-refractivity contribution < 1.29 is 14.3 Å². The highest BCUT2D eigenvalue weighted by Gasteiger charge is 2.16. The molecule has 0 unspecified atom stereocenters. The van der Waals surface area contributed by atoms with E-state index in [1.165, 1.54) is 12.8 Å². The third kappa shape index (κ3) is 4.99. The first-order valence-corrected chi connectivity index (χ1v) is 8.93. The summed E-state index contributed by atoms with van der Waals surface area (Å²) in [6.45, 7) is 0. The van der Waals surface area contributed by atoms with Crippen LogP contribution in [0.1, 0.15) is 37.7 Å². The number of methoxy groups -OCH3 is 1. The lowest BCUT2D eigenvalue weighted by atomic mass is 10.1. The van der Waals surface area contributed by atoms with Crippen molar-refractivity contribution in [2.45, 2.75) is 44.6 Å². The van der Waals surface area contributed by atoms with Crippen LogP contribution in [-0.2, 0) is 11.2 Å². The largest absolute Gasteiger partial charge is 0.495 e.